The maximum Gasteiger partial charge on any atom is 0.251 e. The summed E-state index contributed by atoms with van der Waals surface area (Å²) in [6, 6.07) is 7.92. The number of ether oxygens (including phenoxy) is 1. The molecule has 1 aliphatic rings. The van der Waals surface area contributed by atoms with E-state index < -0.39 is 0 Å². The SMILES string of the molecule is CC(C)n1nccc1COc1ccc2c(c1)CCNC2=O. The number of hydrogen-bond donors (Lipinski definition) is 1. The summed E-state index contributed by atoms with van der Waals surface area (Å²) >= 11 is 0. The van der Waals surface area contributed by atoms with Crippen molar-refractivity contribution >= 4 is 5.91 Å². The molecule has 0 saturated carbocycles. The monoisotopic (exact) mass is 285 g/mol. The van der Waals surface area contributed by atoms with Crippen molar-refractivity contribution in [1.29, 1.82) is 0 Å². The number of hydrogen-bond acceptors (Lipinski definition) is 3. The number of nitrogens with one attached hydrogen (secondary N) is 1. The van der Waals surface area contributed by atoms with Crippen molar-refractivity contribution in [2.45, 2.75) is 32.9 Å². The van der Waals surface area contributed by atoms with Crippen LogP contribution in [0.5, 0.6) is 5.75 Å². The van der Waals surface area contributed by atoms with Gasteiger partial charge in [0.25, 0.3) is 5.91 Å². The summed E-state index contributed by atoms with van der Waals surface area (Å²) < 4.78 is 7.80. The van der Waals surface area contributed by atoms with Crippen LogP contribution in [0.1, 0.15) is 41.5 Å². The molecule has 0 saturated heterocycles. The van der Waals surface area contributed by atoms with Crippen LogP contribution in [0.25, 0.3) is 0 Å². The van der Waals surface area contributed by atoms with Crippen molar-refractivity contribution in [2.75, 3.05) is 6.54 Å². The molecule has 2 heterocycles. The summed E-state index contributed by atoms with van der Waals surface area (Å²) in [5.74, 6) is 0.792. The minimum Gasteiger partial charge on any atom is -0.487 e. The molecule has 0 fully saturated rings. The van der Waals surface area contributed by atoms with Gasteiger partial charge in [-0.05, 0) is 50.1 Å². The molecule has 0 spiro atoms. The van der Waals surface area contributed by atoms with E-state index in [1.165, 1.54) is 0 Å². The van der Waals surface area contributed by atoms with Crippen LogP contribution in [0.4, 0.5) is 0 Å². The number of amides is 1. The van der Waals surface area contributed by atoms with Gasteiger partial charge in [0.1, 0.15) is 12.4 Å². The Balaban J connectivity index is 1.74. The predicted octanol–water partition coefficient (Wildman–Crippen LogP) is 2.33. The normalized spacial score (nSPS) is 14.0. The zero-order chi connectivity index (χ0) is 14.8. The Kier molecular flexibility index (Phi) is 3.64. The van der Waals surface area contributed by atoms with Gasteiger partial charge >= 0.3 is 0 Å². The van der Waals surface area contributed by atoms with Gasteiger partial charge in [-0.25, -0.2) is 0 Å². The van der Waals surface area contributed by atoms with Gasteiger partial charge in [-0.3, -0.25) is 9.48 Å². The van der Waals surface area contributed by atoms with Crippen LogP contribution in [0.2, 0.25) is 0 Å². The lowest BCUT2D eigenvalue weighted by Crippen LogP contribution is -2.31. The molecule has 1 amide bonds. The average molecular weight is 285 g/mol. The standard InChI is InChI=1S/C16H19N3O2/c1-11(2)19-13(6-8-18-19)10-21-14-3-4-15-12(9-14)5-7-17-16(15)20/h3-4,6,8-9,11H,5,7,10H2,1-2H3,(H,17,20). The first-order valence-electron chi connectivity index (χ1n) is 7.21. The van der Waals surface area contributed by atoms with E-state index in [4.69, 9.17) is 4.74 Å². The van der Waals surface area contributed by atoms with Crippen molar-refractivity contribution in [1.82, 2.24) is 15.1 Å². The quantitative estimate of drug-likeness (QED) is 0.938. The van der Waals surface area contributed by atoms with Gasteiger partial charge in [-0.2, -0.15) is 5.10 Å². The molecule has 110 valence electrons. The minimum atomic E-state index is 0.000633. The maximum absolute atomic E-state index is 11.7. The summed E-state index contributed by atoms with van der Waals surface area (Å²) in [4.78, 5) is 11.7. The number of fused-ring (bicyclic) bond motifs is 1. The van der Waals surface area contributed by atoms with Gasteiger partial charge in [0.05, 0.1) is 5.69 Å². The molecule has 1 N–H and O–H groups in total. The highest BCUT2D eigenvalue weighted by atomic mass is 16.5. The summed E-state index contributed by atoms with van der Waals surface area (Å²) in [5, 5.41) is 7.13. The molecule has 0 bridgehead atoms. The Hall–Kier alpha value is -2.30. The lowest BCUT2D eigenvalue weighted by atomic mass is 10.0. The number of aromatic nitrogens is 2. The number of rotatable bonds is 4. The van der Waals surface area contributed by atoms with E-state index in [0.29, 0.717) is 19.2 Å². The molecule has 5 nitrogen and oxygen atoms in total. The van der Waals surface area contributed by atoms with Crippen LogP contribution >= 0.6 is 0 Å². The largest absolute Gasteiger partial charge is 0.487 e. The second-order valence-electron chi connectivity index (χ2n) is 5.47. The molecule has 0 unspecified atom stereocenters. The Morgan fingerprint density at radius 3 is 3.05 bits per heavy atom. The summed E-state index contributed by atoms with van der Waals surface area (Å²) in [6.45, 7) is 5.35. The van der Waals surface area contributed by atoms with Gasteiger partial charge < -0.3 is 10.1 Å². The molecular weight excluding hydrogens is 266 g/mol. The second kappa shape index (κ2) is 5.60. The summed E-state index contributed by atoms with van der Waals surface area (Å²) in [7, 11) is 0. The van der Waals surface area contributed by atoms with E-state index in [0.717, 1.165) is 29.0 Å². The molecule has 1 aromatic carbocycles. The number of carbonyl (C=O) groups excluding carboxylic acids is 1. The fourth-order valence-electron chi connectivity index (χ4n) is 2.57. The third kappa shape index (κ3) is 2.77. The molecule has 0 radical (unpaired) electrons. The van der Waals surface area contributed by atoms with E-state index in [1.807, 2.05) is 28.9 Å². The van der Waals surface area contributed by atoms with Crippen molar-refractivity contribution < 1.29 is 9.53 Å². The third-order valence-electron chi connectivity index (χ3n) is 3.63. The van der Waals surface area contributed by atoms with Crippen LogP contribution in [0, 0.1) is 0 Å². The zero-order valence-electron chi connectivity index (χ0n) is 12.3. The van der Waals surface area contributed by atoms with Gasteiger partial charge in [0.15, 0.2) is 0 Å². The highest BCUT2D eigenvalue weighted by Crippen LogP contribution is 2.22. The van der Waals surface area contributed by atoms with Crippen LogP contribution in [-0.2, 0) is 13.0 Å². The summed E-state index contributed by atoms with van der Waals surface area (Å²) in [5.41, 5.74) is 2.84. The zero-order valence-corrected chi connectivity index (χ0v) is 12.3. The number of carbonyl (C=O) groups is 1. The van der Waals surface area contributed by atoms with E-state index in [-0.39, 0.29) is 5.91 Å². The molecule has 0 aliphatic carbocycles. The van der Waals surface area contributed by atoms with Gasteiger partial charge in [-0.1, -0.05) is 0 Å². The molecular formula is C16H19N3O2. The average Bonchev–Trinajstić information content (AvgIpc) is 2.94. The molecule has 1 aromatic heterocycles. The Bertz CT molecular complexity index is 661. The smallest absolute Gasteiger partial charge is 0.251 e. The lowest BCUT2D eigenvalue weighted by Gasteiger charge is -2.17. The first-order chi connectivity index (χ1) is 10.1. The molecule has 21 heavy (non-hydrogen) atoms. The Morgan fingerprint density at radius 1 is 1.38 bits per heavy atom. The maximum atomic E-state index is 11.7. The van der Waals surface area contributed by atoms with Crippen molar-refractivity contribution in [3.05, 3.63) is 47.3 Å². The Morgan fingerprint density at radius 2 is 2.24 bits per heavy atom. The van der Waals surface area contributed by atoms with Crippen molar-refractivity contribution in [3.63, 3.8) is 0 Å². The highest BCUT2D eigenvalue weighted by Gasteiger charge is 2.17. The van der Waals surface area contributed by atoms with E-state index in [1.54, 1.807) is 6.20 Å². The highest BCUT2D eigenvalue weighted by molar-refractivity contribution is 5.96. The molecule has 3 rings (SSSR count). The van der Waals surface area contributed by atoms with Crippen LogP contribution in [-0.4, -0.2) is 22.2 Å². The van der Waals surface area contributed by atoms with Crippen LogP contribution in [0.3, 0.4) is 0 Å². The third-order valence-corrected chi connectivity index (χ3v) is 3.63. The first-order valence-corrected chi connectivity index (χ1v) is 7.21. The van der Waals surface area contributed by atoms with Gasteiger partial charge in [-0.15, -0.1) is 0 Å². The van der Waals surface area contributed by atoms with Crippen molar-refractivity contribution in [2.24, 2.45) is 0 Å². The fraction of sp³-hybridized carbons (Fsp3) is 0.375. The second-order valence-corrected chi connectivity index (χ2v) is 5.47. The van der Waals surface area contributed by atoms with E-state index in [2.05, 4.69) is 24.3 Å². The van der Waals surface area contributed by atoms with Gasteiger partial charge in [0, 0.05) is 24.3 Å². The van der Waals surface area contributed by atoms with E-state index in [9.17, 15) is 4.79 Å². The predicted molar refractivity (Wildman–Crippen MR) is 79.4 cm³/mol. The van der Waals surface area contributed by atoms with Crippen LogP contribution in [0.15, 0.2) is 30.5 Å². The first kappa shape index (κ1) is 13.7. The fourth-order valence-corrected chi connectivity index (χ4v) is 2.57. The number of benzene rings is 1. The lowest BCUT2D eigenvalue weighted by molar-refractivity contribution is 0.0946. The Labute approximate surface area is 123 Å². The molecule has 1 aliphatic heterocycles. The molecule has 2 aromatic rings. The molecule has 0 atom stereocenters. The summed E-state index contributed by atoms with van der Waals surface area (Å²) in [6.07, 6.45) is 2.64. The van der Waals surface area contributed by atoms with Gasteiger partial charge in [0.2, 0.25) is 0 Å². The van der Waals surface area contributed by atoms with Crippen molar-refractivity contribution in [3.8, 4) is 5.75 Å². The van der Waals surface area contributed by atoms with Crippen LogP contribution < -0.4 is 10.1 Å². The topological polar surface area (TPSA) is 56.1 Å². The minimum absolute atomic E-state index is 0.000633. The molecule has 5 heteroatoms. The van der Waals surface area contributed by atoms with E-state index >= 15 is 0 Å². The number of nitrogens with zero attached hydrogens (tertiary/aromatic N) is 2.